The molecule has 0 radical (unpaired) electrons. The lowest BCUT2D eigenvalue weighted by Gasteiger charge is -2.31. The summed E-state index contributed by atoms with van der Waals surface area (Å²) in [5.41, 5.74) is 1.95. The number of anilines is 1. The van der Waals surface area contributed by atoms with Gasteiger partial charge in [0.05, 0.1) is 37.2 Å². The highest BCUT2D eigenvalue weighted by Crippen LogP contribution is 2.39. The van der Waals surface area contributed by atoms with Crippen LogP contribution < -0.4 is 19.1 Å². The maximum absolute atomic E-state index is 13.1. The lowest BCUT2D eigenvalue weighted by Crippen LogP contribution is -2.39. The average molecular weight is 568 g/mol. The SMILES string of the molecule is COc1cc(Cc2csc(N3CCC(S(=O)(=O)c4ccccc4Br)CC3)n2)cc(OC)c1OC. The van der Waals surface area contributed by atoms with Crippen molar-refractivity contribution in [2.24, 2.45) is 0 Å². The van der Waals surface area contributed by atoms with Crippen LogP contribution in [0.15, 0.2) is 51.1 Å². The molecular formula is C24H27BrN2O5S2. The van der Waals surface area contributed by atoms with E-state index in [4.69, 9.17) is 19.2 Å². The average Bonchev–Trinajstić information content (AvgIpc) is 3.32. The second kappa shape index (κ2) is 10.5. The number of rotatable bonds is 8. The van der Waals surface area contributed by atoms with Crippen molar-refractivity contribution in [1.82, 2.24) is 4.98 Å². The van der Waals surface area contributed by atoms with Gasteiger partial charge in [0.1, 0.15) is 0 Å². The molecule has 0 amide bonds. The minimum absolute atomic E-state index is 0.371. The third-order valence-electron chi connectivity index (χ3n) is 5.94. The van der Waals surface area contributed by atoms with Gasteiger partial charge in [-0.25, -0.2) is 13.4 Å². The van der Waals surface area contributed by atoms with E-state index in [2.05, 4.69) is 20.8 Å². The van der Waals surface area contributed by atoms with Crippen molar-refractivity contribution in [3.63, 3.8) is 0 Å². The molecule has 0 bridgehead atoms. The summed E-state index contributed by atoms with van der Waals surface area (Å²) in [4.78, 5) is 7.36. The summed E-state index contributed by atoms with van der Waals surface area (Å²) >= 11 is 4.96. The van der Waals surface area contributed by atoms with Crippen LogP contribution in [0, 0.1) is 0 Å². The van der Waals surface area contributed by atoms with Crippen LogP contribution >= 0.6 is 27.3 Å². The van der Waals surface area contributed by atoms with Crippen LogP contribution in [-0.4, -0.2) is 53.1 Å². The number of thiazole rings is 1. The molecular weight excluding hydrogens is 540 g/mol. The molecule has 1 saturated heterocycles. The first-order valence-corrected chi connectivity index (χ1v) is 14.1. The lowest BCUT2D eigenvalue weighted by molar-refractivity contribution is 0.324. The zero-order valence-electron chi connectivity index (χ0n) is 19.3. The fraction of sp³-hybridized carbons (Fsp3) is 0.375. The Bertz CT molecular complexity index is 1230. The fourth-order valence-electron chi connectivity index (χ4n) is 4.18. The number of benzene rings is 2. The van der Waals surface area contributed by atoms with E-state index in [1.807, 2.05) is 23.6 Å². The Hall–Kier alpha value is -2.30. The quantitative estimate of drug-likeness (QED) is 0.381. The number of aromatic nitrogens is 1. The molecule has 3 aromatic rings. The summed E-state index contributed by atoms with van der Waals surface area (Å²) in [7, 11) is 1.40. The Morgan fingerprint density at radius 1 is 1.06 bits per heavy atom. The summed E-state index contributed by atoms with van der Waals surface area (Å²) < 4.78 is 43.2. The predicted molar refractivity (Wildman–Crippen MR) is 138 cm³/mol. The molecule has 0 atom stereocenters. The first-order chi connectivity index (χ1) is 16.4. The van der Waals surface area contributed by atoms with Crippen molar-refractivity contribution in [2.75, 3.05) is 39.3 Å². The zero-order chi connectivity index (χ0) is 24.3. The maximum Gasteiger partial charge on any atom is 0.203 e. The highest BCUT2D eigenvalue weighted by molar-refractivity contribution is 9.10. The van der Waals surface area contributed by atoms with E-state index in [9.17, 15) is 8.42 Å². The number of piperidine rings is 1. The number of sulfone groups is 1. The van der Waals surface area contributed by atoms with Crippen molar-refractivity contribution < 1.29 is 22.6 Å². The third-order valence-corrected chi connectivity index (χ3v) is 10.2. The van der Waals surface area contributed by atoms with Crippen molar-refractivity contribution >= 4 is 42.2 Å². The second-order valence-electron chi connectivity index (χ2n) is 7.99. The van der Waals surface area contributed by atoms with Gasteiger partial charge in [-0.15, -0.1) is 11.3 Å². The number of hydrogen-bond donors (Lipinski definition) is 0. The Morgan fingerprint density at radius 2 is 1.71 bits per heavy atom. The summed E-state index contributed by atoms with van der Waals surface area (Å²) in [6.07, 6.45) is 1.77. The fourth-order valence-corrected chi connectivity index (χ4v) is 7.82. The number of ether oxygens (including phenoxy) is 3. The van der Waals surface area contributed by atoms with E-state index in [-0.39, 0.29) is 5.25 Å². The van der Waals surface area contributed by atoms with Crippen molar-refractivity contribution in [2.45, 2.75) is 29.4 Å². The number of methoxy groups -OCH3 is 3. The van der Waals surface area contributed by atoms with Gasteiger partial charge in [-0.1, -0.05) is 12.1 Å². The van der Waals surface area contributed by atoms with E-state index < -0.39 is 9.84 Å². The van der Waals surface area contributed by atoms with E-state index in [1.54, 1.807) is 50.9 Å². The Labute approximate surface area is 212 Å². The van der Waals surface area contributed by atoms with Gasteiger partial charge in [-0.2, -0.15) is 0 Å². The van der Waals surface area contributed by atoms with Gasteiger partial charge in [0.15, 0.2) is 26.5 Å². The first-order valence-electron chi connectivity index (χ1n) is 10.8. The molecule has 2 heterocycles. The Morgan fingerprint density at radius 3 is 2.29 bits per heavy atom. The van der Waals surface area contributed by atoms with Crippen LogP contribution in [0.1, 0.15) is 24.1 Å². The normalized spacial score (nSPS) is 14.8. The van der Waals surface area contributed by atoms with Crippen LogP contribution in [-0.2, 0) is 16.3 Å². The number of hydrogen-bond acceptors (Lipinski definition) is 8. The maximum atomic E-state index is 13.1. The zero-order valence-corrected chi connectivity index (χ0v) is 22.5. The highest BCUT2D eigenvalue weighted by atomic mass is 79.9. The summed E-state index contributed by atoms with van der Waals surface area (Å²) in [6, 6.07) is 10.9. The molecule has 1 aliphatic rings. The van der Waals surface area contributed by atoms with Crippen molar-refractivity contribution in [3.8, 4) is 17.2 Å². The molecule has 2 aromatic carbocycles. The standard InChI is InChI=1S/C24H27BrN2O5S2/c1-30-20-13-16(14-21(31-2)23(20)32-3)12-17-15-33-24(26-17)27-10-8-18(9-11-27)34(28,29)22-7-5-4-6-19(22)25/h4-7,13-15,18H,8-12H2,1-3H3. The molecule has 1 aromatic heterocycles. The Balaban J connectivity index is 1.44. The number of halogens is 1. The first kappa shape index (κ1) is 24.8. The summed E-state index contributed by atoms with van der Waals surface area (Å²) in [5.74, 6) is 1.79. The molecule has 0 aliphatic carbocycles. The predicted octanol–water partition coefficient (Wildman–Crippen LogP) is 4.96. The van der Waals surface area contributed by atoms with Crippen LogP contribution in [0.4, 0.5) is 5.13 Å². The van der Waals surface area contributed by atoms with Crippen LogP contribution in [0.2, 0.25) is 0 Å². The topological polar surface area (TPSA) is 78.0 Å². The van der Waals surface area contributed by atoms with Gasteiger partial charge < -0.3 is 19.1 Å². The van der Waals surface area contributed by atoms with E-state index >= 15 is 0 Å². The van der Waals surface area contributed by atoms with Crippen LogP contribution in [0.25, 0.3) is 0 Å². The summed E-state index contributed by atoms with van der Waals surface area (Å²) in [6.45, 7) is 1.32. The van der Waals surface area contributed by atoms with Crippen molar-refractivity contribution in [1.29, 1.82) is 0 Å². The summed E-state index contributed by atoms with van der Waals surface area (Å²) in [5, 5.41) is 2.57. The van der Waals surface area contributed by atoms with Gasteiger partial charge in [0, 0.05) is 29.4 Å². The highest BCUT2D eigenvalue weighted by Gasteiger charge is 2.33. The molecule has 10 heteroatoms. The smallest absolute Gasteiger partial charge is 0.203 e. The van der Waals surface area contributed by atoms with E-state index in [1.165, 1.54) is 0 Å². The van der Waals surface area contributed by atoms with Gasteiger partial charge >= 0.3 is 0 Å². The lowest BCUT2D eigenvalue weighted by atomic mass is 10.1. The molecule has 4 rings (SSSR count). The van der Waals surface area contributed by atoms with Crippen LogP contribution in [0.5, 0.6) is 17.2 Å². The van der Waals surface area contributed by atoms with Gasteiger partial charge in [-0.05, 0) is 58.6 Å². The number of nitrogens with zero attached hydrogens (tertiary/aromatic N) is 2. The largest absolute Gasteiger partial charge is 0.493 e. The van der Waals surface area contributed by atoms with Gasteiger partial charge in [0.2, 0.25) is 5.75 Å². The second-order valence-corrected chi connectivity index (χ2v) is 11.9. The molecule has 0 saturated carbocycles. The van der Waals surface area contributed by atoms with Crippen LogP contribution in [0.3, 0.4) is 0 Å². The van der Waals surface area contributed by atoms with E-state index in [0.717, 1.165) is 16.4 Å². The van der Waals surface area contributed by atoms with Gasteiger partial charge in [-0.3, -0.25) is 0 Å². The molecule has 1 fully saturated rings. The van der Waals surface area contributed by atoms with E-state index in [0.29, 0.717) is 59.0 Å². The minimum atomic E-state index is -3.38. The van der Waals surface area contributed by atoms with Crippen molar-refractivity contribution in [3.05, 3.63) is 57.5 Å². The molecule has 7 nitrogen and oxygen atoms in total. The molecule has 34 heavy (non-hydrogen) atoms. The Kier molecular flexibility index (Phi) is 7.69. The molecule has 1 aliphatic heterocycles. The van der Waals surface area contributed by atoms with Gasteiger partial charge in [0.25, 0.3) is 0 Å². The third kappa shape index (κ3) is 5.04. The molecule has 0 N–H and O–H groups in total. The molecule has 0 unspecified atom stereocenters. The molecule has 0 spiro atoms. The monoisotopic (exact) mass is 566 g/mol. The minimum Gasteiger partial charge on any atom is -0.493 e. The molecule has 182 valence electrons.